The van der Waals surface area contributed by atoms with Crippen LogP contribution in [-0.2, 0) is 21.4 Å². The van der Waals surface area contributed by atoms with Gasteiger partial charge in [-0.2, -0.15) is 0 Å². The van der Waals surface area contributed by atoms with Crippen LogP contribution in [0.25, 0.3) is 10.9 Å². The summed E-state index contributed by atoms with van der Waals surface area (Å²) in [6, 6.07) is 15.4. The normalized spacial score (nSPS) is 18.6. The highest BCUT2D eigenvalue weighted by Gasteiger charge is 2.35. The number of benzene rings is 2. The summed E-state index contributed by atoms with van der Waals surface area (Å²) in [6.07, 6.45) is 1.77. The molecule has 32 heavy (non-hydrogen) atoms. The van der Waals surface area contributed by atoms with Gasteiger partial charge in [0.2, 0.25) is 15.9 Å². The first kappa shape index (κ1) is 22.2. The lowest BCUT2D eigenvalue weighted by Gasteiger charge is -2.19. The van der Waals surface area contributed by atoms with Crippen molar-refractivity contribution in [1.82, 2.24) is 15.2 Å². The molecule has 2 aromatic carbocycles. The van der Waals surface area contributed by atoms with Crippen molar-refractivity contribution < 1.29 is 23.2 Å². The number of carbonyl (C=O) groups excluding carboxylic acids is 1. The lowest BCUT2D eigenvalue weighted by molar-refractivity contribution is -0.133. The minimum atomic E-state index is -3.81. The second-order valence-corrected chi connectivity index (χ2v) is 9.66. The number of nitrogens with zero attached hydrogens (tertiary/aromatic N) is 1. The van der Waals surface area contributed by atoms with Crippen LogP contribution in [0.1, 0.15) is 30.5 Å². The SMILES string of the molecule is Cc1cc(COc2ccc(S(=O)(=O)N[C@H]3CCC[C@H]3C(=O)NO)cc2)c2ccccc2n1. The minimum absolute atomic E-state index is 0.0881. The van der Waals surface area contributed by atoms with E-state index in [9.17, 15) is 13.2 Å². The molecular formula is C23H25N3O5S. The number of rotatable bonds is 7. The fraction of sp³-hybridized carbons (Fsp3) is 0.304. The van der Waals surface area contributed by atoms with Crippen molar-refractivity contribution in [3.8, 4) is 5.75 Å². The van der Waals surface area contributed by atoms with E-state index in [1.165, 1.54) is 12.1 Å². The Labute approximate surface area is 186 Å². The first-order valence-corrected chi connectivity index (χ1v) is 11.9. The molecule has 1 saturated carbocycles. The lowest BCUT2D eigenvalue weighted by Crippen LogP contribution is -2.43. The maximum Gasteiger partial charge on any atom is 0.248 e. The van der Waals surface area contributed by atoms with E-state index in [4.69, 9.17) is 9.94 Å². The van der Waals surface area contributed by atoms with E-state index < -0.39 is 27.9 Å². The number of ether oxygens (including phenoxy) is 1. The highest BCUT2D eigenvalue weighted by Crippen LogP contribution is 2.28. The van der Waals surface area contributed by atoms with Gasteiger partial charge in [0.15, 0.2) is 0 Å². The molecule has 1 amide bonds. The largest absolute Gasteiger partial charge is 0.489 e. The van der Waals surface area contributed by atoms with Crippen molar-refractivity contribution >= 4 is 26.8 Å². The smallest absolute Gasteiger partial charge is 0.248 e. The summed E-state index contributed by atoms with van der Waals surface area (Å²) >= 11 is 0. The van der Waals surface area contributed by atoms with E-state index >= 15 is 0 Å². The molecule has 1 aromatic heterocycles. The summed E-state index contributed by atoms with van der Waals surface area (Å²) in [5, 5.41) is 9.88. The van der Waals surface area contributed by atoms with E-state index in [0.717, 1.165) is 22.2 Å². The number of aromatic nitrogens is 1. The average molecular weight is 456 g/mol. The van der Waals surface area contributed by atoms with Crippen LogP contribution >= 0.6 is 0 Å². The Morgan fingerprint density at radius 3 is 2.66 bits per heavy atom. The van der Waals surface area contributed by atoms with Gasteiger partial charge in [-0.25, -0.2) is 18.6 Å². The van der Waals surface area contributed by atoms with E-state index in [2.05, 4.69) is 9.71 Å². The molecule has 1 fully saturated rings. The van der Waals surface area contributed by atoms with Crippen molar-refractivity contribution in [2.24, 2.45) is 5.92 Å². The first-order valence-electron chi connectivity index (χ1n) is 10.4. The van der Waals surface area contributed by atoms with E-state index in [1.807, 2.05) is 37.3 Å². The third-order valence-electron chi connectivity index (χ3n) is 5.73. The summed E-state index contributed by atoms with van der Waals surface area (Å²) in [5.74, 6) is -0.616. The Balaban J connectivity index is 1.45. The predicted octanol–water partition coefficient (Wildman–Crippen LogP) is 3.07. The quantitative estimate of drug-likeness (QED) is 0.372. The van der Waals surface area contributed by atoms with E-state index in [1.54, 1.807) is 17.6 Å². The van der Waals surface area contributed by atoms with Crippen molar-refractivity contribution in [3.05, 3.63) is 65.9 Å². The lowest BCUT2D eigenvalue weighted by atomic mass is 10.0. The average Bonchev–Trinajstić information content (AvgIpc) is 3.24. The number of hydroxylamine groups is 1. The van der Waals surface area contributed by atoms with Gasteiger partial charge < -0.3 is 4.74 Å². The van der Waals surface area contributed by atoms with E-state index in [-0.39, 0.29) is 4.90 Å². The van der Waals surface area contributed by atoms with Gasteiger partial charge in [0.25, 0.3) is 0 Å². The van der Waals surface area contributed by atoms with Gasteiger partial charge in [0, 0.05) is 22.7 Å². The van der Waals surface area contributed by atoms with Crippen molar-refractivity contribution in [2.75, 3.05) is 0 Å². The molecule has 2 atom stereocenters. The zero-order chi connectivity index (χ0) is 22.7. The highest BCUT2D eigenvalue weighted by atomic mass is 32.2. The number of hydrogen-bond acceptors (Lipinski definition) is 6. The van der Waals surface area contributed by atoms with Crippen LogP contribution in [0.5, 0.6) is 5.75 Å². The fourth-order valence-corrected chi connectivity index (χ4v) is 5.47. The maximum atomic E-state index is 12.8. The maximum absolute atomic E-state index is 12.8. The van der Waals surface area contributed by atoms with Crippen molar-refractivity contribution in [3.63, 3.8) is 0 Å². The van der Waals surface area contributed by atoms with Crippen molar-refractivity contribution in [2.45, 2.75) is 43.7 Å². The summed E-state index contributed by atoms with van der Waals surface area (Å²) in [6.45, 7) is 2.26. The fourth-order valence-electron chi connectivity index (χ4n) is 4.16. The van der Waals surface area contributed by atoms with Crippen molar-refractivity contribution in [1.29, 1.82) is 0 Å². The molecular weight excluding hydrogens is 430 g/mol. The molecule has 1 aliphatic rings. The molecule has 0 radical (unpaired) electrons. The van der Waals surface area contributed by atoms with Gasteiger partial charge in [-0.3, -0.25) is 15.0 Å². The molecule has 0 bridgehead atoms. The predicted molar refractivity (Wildman–Crippen MR) is 119 cm³/mol. The van der Waals surface area contributed by atoms with E-state index in [0.29, 0.717) is 31.6 Å². The molecule has 9 heteroatoms. The van der Waals surface area contributed by atoms with Gasteiger partial charge >= 0.3 is 0 Å². The standard InChI is InChI=1S/C23H25N3O5S/c1-15-13-16(19-5-2-3-7-21(19)24-15)14-31-17-9-11-18(12-10-17)32(29,30)26-22-8-4-6-20(22)23(27)25-28/h2-3,5,7,9-13,20,22,26,28H,4,6,8,14H2,1H3,(H,25,27)/t20-,22+/m1/s1. The van der Waals surface area contributed by atoms with Crippen LogP contribution < -0.4 is 14.9 Å². The molecule has 3 aromatic rings. The molecule has 0 unspecified atom stereocenters. The summed E-state index contributed by atoms with van der Waals surface area (Å²) in [5.41, 5.74) is 4.42. The molecule has 1 aliphatic carbocycles. The molecule has 168 valence electrons. The number of amides is 1. The Morgan fingerprint density at radius 2 is 1.91 bits per heavy atom. The highest BCUT2D eigenvalue weighted by molar-refractivity contribution is 7.89. The minimum Gasteiger partial charge on any atom is -0.489 e. The topological polar surface area (TPSA) is 118 Å². The first-order chi connectivity index (χ1) is 15.4. The van der Waals surface area contributed by atoms with Gasteiger partial charge in [-0.1, -0.05) is 24.6 Å². The Morgan fingerprint density at radius 1 is 1.16 bits per heavy atom. The molecule has 0 aliphatic heterocycles. The molecule has 0 saturated heterocycles. The van der Waals surface area contributed by atoms with Crippen LogP contribution in [0.15, 0.2) is 59.5 Å². The number of para-hydroxylation sites is 1. The number of carbonyl (C=O) groups is 1. The Kier molecular flexibility index (Phi) is 6.40. The molecule has 3 N–H and O–H groups in total. The summed E-state index contributed by atoms with van der Waals surface area (Å²) in [4.78, 5) is 16.4. The van der Waals surface area contributed by atoms with Gasteiger partial charge in [-0.05, 0) is 56.2 Å². The van der Waals surface area contributed by atoms with Crippen LogP contribution in [0.4, 0.5) is 0 Å². The van der Waals surface area contributed by atoms with Gasteiger partial charge in [0.1, 0.15) is 12.4 Å². The number of sulfonamides is 1. The van der Waals surface area contributed by atoms with Gasteiger partial charge in [-0.15, -0.1) is 0 Å². The summed E-state index contributed by atoms with van der Waals surface area (Å²) < 4.78 is 34.0. The zero-order valence-corrected chi connectivity index (χ0v) is 18.4. The number of fused-ring (bicyclic) bond motifs is 1. The van der Waals surface area contributed by atoms with Crippen LogP contribution in [0.3, 0.4) is 0 Å². The number of hydrogen-bond donors (Lipinski definition) is 3. The Bertz CT molecular complexity index is 1230. The Hall–Kier alpha value is -3.01. The van der Waals surface area contributed by atoms with Crippen LogP contribution in [0, 0.1) is 12.8 Å². The van der Waals surface area contributed by atoms with Gasteiger partial charge in [0.05, 0.1) is 16.3 Å². The molecule has 1 heterocycles. The second kappa shape index (κ2) is 9.23. The van der Waals surface area contributed by atoms with Crippen LogP contribution in [0.2, 0.25) is 0 Å². The number of aryl methyl sites for hydroxylation is 1. The molecule has 4 rings (SSSR count). The summed E-state index contributed by atoms with van der Waals surface area (Å²) in [7, 11) is -3.81. The molecule has 8 nitrogen and oxygen atoms in total. The zero-order valence-electron chi connectivity index (χ0n) is 17.6. The van der Waals surface area contributed by atoms with Crippen LogP contribution in [-0.4, -0.2) is 30.6 Å². The number of pyridine rings is 1. The number of nitrogens with one attached hydrogen (secondary N) is 2. The third kappa shape index (κ3) is 4.74. The third-order valence-corrected chi connectivity index (χ3v) is 7.23. The molecule has 0 spiro atoms. The second-order valence-electron chi connectivity index (χ2n) is 7.94. The monoisotopic (exact) mass is 455 g/mol.